The van der Waals surface area contributed by atoms with E-state index in [-0.39, 0.29) is 0 Å². The lowest BCUT2D eigenvalue weighted by Crippen LogP contribution is -2.20. The molecule has 3 heteroatoms. The van der Waals surface area contributed by atoms with Gasteiger partial charge in [-0.1, -0.05) is 17.7 Å². The Hall–Kier alpha value is -0.400. The first-order valence-corrected chi connectivity index (χ1v) is 6.17. The number of rotatable bonds is 4. The lowest BCUT2D eigenvalue weighted by Gasteiger charge is -2.20. The lowest BCUT2D eigenvalue weighted by molar-refractivity contribution is 0.787. The van der Waals surface area contributed by atoms with Gasteiger partial charge < -0.3 is 4.90 Å². The van der Waals surface area contributed by atoms with Crippen LogP contribution in [0.1, 0.15) is 18.4 Å². The van der Waals surface area contributed by atoms with Crippen molar-refractivity contribution < 1.29 is 0 Å². The van der Waals surface area contributed by atoms with Gasteiger partial charge in [-0.25, -0.2) is 0 Å². The summed E-state index contributed by atoms with van der Waals surface area (Å²) < 4.78 is 0. The van der Waals surface area contributed by atoms with Gasteiger partial charge in [0.15, 0.2) is 0 Å². The molecule has 1 nitrogen and oxygen atoms in total. The molecule has 0 aromatic heterocycles. The minimum Gasteiger partial charge on any atom is -0.373 e. The highest BCUT2D eigenvalue weighted by atomic mass is 35.5. The van der Waals surface area contributed by atoms with Crippen molar-refractivity contribution in [2.45, 2.75) is 18.7 Å². The Morgan fingerprint density at radius 1 is 1.40 bits per heavy atom. The second-order valence-corrected chi connectivity index (χ2v) is 4.92. The predicted octanol–water partition coefficient (Wildman–Crippen LogP) is 3.93. The van der Waals surface area contributed by atoms with Crippen LogP contribution in [0, 0.1) is 5.92 Å². The van der Waals surface area contributed by atoms with Crippen LogP contribution < -0.4 is 4.90 Å². The normalized spacial score (nSPS) is 15.4. The maximum atomic E-state index is 6.21. The fraction of sp³-hybridized carbons (Fsp3) is 0.500. The van der Waals surface area contributed by atoms with E-state index in [1.54, 1.807) is 0 Å². The van der Waals surface area contributed by atoms with Crippen LogP contribution in [-0.2, 0) is 5.88 Å². The quantitative estimate of drug-likeness (QED) is 0.725. The van der Waals surface area contributed by atoms with E-state index in [0.717, 1.165) is 28.7 Å². The van der Waals surface area contributed by atoms with E-state index >= 15 is 0 Å². The molecule has 0 N–H and O–H groups in total. The minimum atomic E-state index is 0.520. The number of anilines is 1. The molecule has 0 unspecified atom stereocenters. The molecular formula is C12H15Cl2N. The van der Waals surface area contributed by atoms with Gasteiger partial charge in [-0.2, -0.15) is 0 Å². The van der Waals surface area contributed by atoms with Crippen LogP contribution in [0.4, 0.5) is 5.69 Å². The molecule has 82 valence electrons. The lowest BCUT2D eigenvalue weighted by atomic mass is 10.2. The molecule has 0 atom stereocenters. The largest absolute Gasteiger partial charge is 0.373 e. The summed E-state index contributed by atoms with van der Waals surface area (Å²) in [6, 6.07) is 6.05. The molecule has 1 aromatic rings. The van der Waals surface area contributed by atoms with Crippen LogP contribution in [0.15, 0.2) is 18.2 Å². The maximum absolute atomic E-state index is 6.21. The molecule has 0 heterocycles. The number of hydrogen-bond acceptors (Lipinski definition) is 1. The Bertz CT molecular complexity index is 347. The average molecular weight is 244 g/mol. The smallest absolute Gasteiger partial charge is 0.0642 e. The summed E-state index contributed by atoms with van der Waals surface area (Å²) in [5.41, 5.74) is 2.18. The molecule has 0 radical (unpaired) electrons. The van der Waals surface area contributed by atoms with E-state index in [4.69, 9.17) is 23.2 Å². The van der Waals surface area contributed by atoms with Gasteiger partial charge in [-0.3, -0.25) is 0 Å². The fourth-order valence-electron chi connectivity index (χ4n) is 1.73. The molecule has 2 rings (SSSR count). The van der Waals surface area contributed by atoms with Gasteiger partial charge in [0, 0.05) is 19.5 Å². The highest BCUT2D eigenvalue weighted by molar-refractivity contribution is 6.33. The average Bonchev–Trinajstić information content (AvgIpc) is 3.01. The van der Waals surface area contributed by atoms with Crippen molar-refractivity contribution in [3.05, 3.63) is 28.8 Å². The second kappa shape index (κ2) is 4.63. The second-order valence-electron chi connectivity index (χ2n) is 4.24. The van der Waals surface area contributed by atoms with Crippen molar-refractivity contribution in [3.63, 3.8) is 0 Å². The summed E-state index contributed by atoms with van der Waals surface area (Å²) in [7, 11) is 2.10. The van der Waals surface area contributed by atoms with Crippen molar-refractivity contribution in [2.75, 3.05) is 18.5 Å². The van der Waals surface area contributed by atoms with Gasteiger partial charge in [-0.15, -0.1) is 11.6 Å². The summed E-state index contributed by atoms with van der Waals surface area (Å²) in [5, 5.41) is 0.802. The van der Waals surface area contributed by atoms with Crippen molar-refractivity contribution in [1.29, 1.82) is 0 Å². The molecule has 1 aliphatic carbocycles. The van der Waals surface area contributed by atoms with E-state index in [9.17, 15) is 0 Å². The van der Waals surface area contributed by atoms with E-state index in [1.807, 2.05) is 12.1 Å². The fourth-order valence-corrected chi connectivity index (χ4v) is 2.24. The van der Waals surface area contributed by atoms with Gasteiger partial charge >= 0.3 is 0 Å². The zero-order valence-corrected chi connectivity index (χ0v) is 10.4. The molecule has 1 aliphatic rings. The molecule has 0 aliphatic heterocycles. The Kier molecular flexibility index (Phi) is 3.42. The molecule has 1 saturated carbocycles. The Morgan fingerprint density at radius 2 is 2.13 bits per heavy atom. The SMILES string of the molecule is CN(CC1CC1)c1ccc(CCl)cc1Cl. The monoisotopic (exact) mass is 243 g/mol. The van der Waals surface area contributed by atoms with E-state index in [1.165, 1.54) is 12.8 Å². The van der Waals surface area contributed by atoms with E-state index in [2.05, 4.69) is 18.0 Å². The third-order valence-electron chi connectivity index (χ3n) is 2.81. The molecule has 0 bridgehead atoms. The summed E-state index contributed by atoms with van der Waals surface area (Å²) in [6.07, 6.45) is 2.73. The third kappa shape index (κ3) is 2.79. The van der Waals surface area contributed by atoms with Crippen molar-refractivity contribution >= 4 is 28.9 Å². The Labute approximate surface area is 101 Å². The molecule has 0 amide bonds. The van der Waals surface area contributed by atoms with Crippen LogP contribution in [0.5, 0.6) is 0 Å². The van der Waals surface area contributed by atoms with Crippen LogP contribution in [0.2, 0.25) is 5.02 Å². The molecule has 1 fully saturated rings. The molecule has 15 heavy (non-hydrogen) atoms. The maximum Gasteiger partial charge on any atom is 0.0642 e. The number of nitrogens with zero attached hydrogens (tertiary/aromatic N) is 1. The van der Waals surface area contributed by atoms with E-state index in [0.29, 0.717) is 5.88 Å². The first kappa shape index (κ1) is 11.1. The molecule has 1 aromatic carbocycles. The van der Waals surface area contributed by atoms with Crippen molar-refractivity contribution in [2.24, 2.45) is 5.92 Å². The van der Waals surface area contributed by atoms with Crippen molar-refractivity contribution in [1.82, 2.24) is 0 Å². The molecule has 0 saturated heterocycles. The van der Waals surface area contributed by atoms with Gasteiger partial charge in [0.25, 0.3) is 0 Å². The van der Waals surface area contributed by atoms with Crippen molar-refractivity contribution in [3.8, 4) is 0 Å². The number of benzene rings is 1. The van der Waals surface area contributed by atoms with Gasteiger partial charge in [-0.05, 0) is 36.5 Å². The highest BCUT2D eigenvalue weighted by Crippen LogP contribution is 2.33. The first-order chi connectivity index (χ1) is 7.20. The number of halogens is 2. The Morgan fingerprint density at radius 3 is 2.67 bits per heavy atom. The van der Waals surface area contributed by atoms with Crippen LogP contribution in [-0.4, -0.2) is 13.6 Å². The van der Waals surface area contributed by atoms with Gasteiger partial charge in [0.2, 0.25) is 0 Å². The van der Waals surface area contributed by atoms with Gasteiger partial charge in [0.05, 0.1) is 10.7 Å². The topological polar surface area (TPSA) is 3.24 Å². The summed E-state index contributed by atoms with van der Waals surface area (Å²) in [6.45, 7) is 1.11. The molecular weight excluding hydrogens is 229 g/mol. The van der Waals surface area contributed by atoms with Crippen LogP contribution in [0.25, 0.3) is 0 Å². The zero-order chi connectivity index (χ0) is 10.8. The highest BCUT2D eigenvalue weighted by Gasteiger charge is 2.23. The minimum absolute atomic E-state index is 0.520. The first-order valence-electron chi connectivity index (χ1n) is 5.26. The van der Waals surface area contributed by atoms with Crippen LogP contribution in [0.3, 0.4) is 0 Å². The zero-order valence-electron chi connectivity index (χ0n) is 8.84. The van der Waals surface area contributed by atoms with Gasteiger partial charge in [0.1, 0.15) is 0 Å². The summed E-state index contributed by atoms with van der Waals surface area (Å²) in [4.78, 5) is 2.23. The standard InChI is InChI=1S/C12H15Cl2N/c1-15(8-9-2-3-9)12-5-4-10(7-13)6-11(12)14/h4-6,9H,2-3,7-8H2,1H3. The summed E-state index contributed by atoms with van der Waals surface area (Å²) in [5.74, 6) is 1.39. The van der Waals surface area contributed by atoms with E-state index < -0.39 is 0 Å². The Balaban J connectivity index is 2.11. The summed E-state index contributed by atoms with van der Waals surface area (Å²) >= 11 is 12.0. The predicted molar refractivity (Wildman–Crippen MR) is 67.0 cm³/mol. The third-order valence-corrected chi connectivity index (χ3v) is 3.42. The number of hydrogen-bond donors (Lipinski definition) is 0. The number of alkyl halides is 1. The molecule has 0 spiro atoms. The van der Waals surface area contributed by atoms with Crippen LogP contribution >= 0.6 is 23.2 Å².